The van der Waals surface area contributed by atoms with Gasteiger partial charge in [-0.05, 0) is 11.5 Å². The van der Waals surface area contributed by atoms with Crippen LogP contribution < -0.4 is 15.9 Å². The van der Waals surface area contributed by atoms with E-state index in [1.54, 1.807) is 0 Å². The van der Waals surface area contributed by atoms with E-state index < -0.39 is 7.14 Å². The molecule has 38 heavy (non-hydrogen) atoms. The summed E-state index contributed by atoms with van der Waals surface area (Å²) in [6, 6.07) is 44.3. The Morgan fingerprint density at radius 2 is 1.08 bits per heavy atom. The molecular weight excluding hydrogens is 483 g/mol. The summed E-state index contributed by atoms with van der Waals surface area (Å²) in [7, 11) is -3.04. The maximum atomic E-state index is 14.8. The first kappa shape index (κ1) is 22.6. The first-order valence-corrected chi connectivity index (χ1v) is 14.3. The van der Waals surface area contributed by atoms with E-state index in [-0.39, 0.29) is 0 Å². The molecule has 7 rings (SSSR count). The van der Waals surface area contributed by atoms with E-state index in [1.165, 1.54) is 0 Å². The first-order chi connectivity index (χ1) is 18.7. The van der Waals surface area contributed by atoms with E-state index in [2.05, 4.69) is 41.4 Å². The van der Waals surface area contributed by atoms with Gasteiger partial charge in [0, 0.05) is 43.8 Å². The summed E-state index contributed by atoms with van der Waals surface area (Å²) in [5.41, 5.74) is 3.66. The van der Waals surface area contributed by atoms with Gasteiger partial charge in [0.15, 0.2) is 7.14 Å². The average Bonchev–Trinajstić information content (AvgIpc) is 3.01. The van der Waals surface area contributed by atoms with Crippen molar-refractivity contribution in [2.45, 2.75) is 0 Å². The smallest absolute Gasteiger partial charge is 0.171 e. The minimum atomic E-state index is -3.04. The SMILES string of the molecule is O=P(c1ccccc1)(c1ccccc1)c1ccc(-c2nc3c(ccc4cccnc43)c3ccccc23)cc1. The molecule has 0 unspecified atom stereocenters. The fourth-order valence-corrected chi connectivity index (χ4v) is 7.98. The number of aromatic nitrogens is 2. The molecule has 0 saturated heterocycles. The van der Waals surface area contributed by atoms with Crippen LogP contribution in [0.4, 0.5) is 0 Å². The summed E-state index contributed by atoms with van der Waals surface area (Å²) in [6.07, 6.45) is 1.82. The molecule has 7 aromatic rings. The Kier molecular flexibility index (Phi) is 5.39. The second-order valence-electron chi connectivity index (χ2n) is 9.37. The predicted octanol–water partition coefficient (Wildman–Crippen LogP) is 7.24. The highest BCUT2D eigenvalue weighted by Gasteiger charge is 2.29. The van der Waals surface area contributed by atoms with Gasteiger partial charge in [-0.3, -0.25) is 4.98 Å². The third-order valence-electron chi connectivity index (χ3n) is 7.19. The van der Waals surface area contributed by atoms with Crippen LogP contribution in [-0.4, -0.2) is 9.97 Å². The molecule has 0 amide bonds. The van der Waals surface area contributed by atoms with Crippen LogP contribution >= 0.6 is 7.14 Å². The van der Waals surface area contributed by atoms with Crippen LogP contribution in [0.3, 0.4) is 0 Å². The molecule has 0 N–H and O–H groups in total. The second-order valence-corrected chi connectivity index (χ2v) is 12.1. The number of rotatable bonds is 4. The van der Waals surface area contributed by atoms with Crippen molar-refractivity contribution in [1.29, 1.82) is 0 Å². The van der Waals surface area contributed by atoms with Crippen LogP contribution in [0.15, 0.2) is 140 Å². The van der Waals surface area contributed by atoms with Crippen molar-refractivity contribution in [3.8, 4) is 11.3 Å². The Morgan fingerprint density at radius 3 is 1.76 bits per heavy atom. The molecule has 180 valence electrons. The lowest BCUT2D eigenvalue weighted by Crippen LogP contribution is -2.24. The van der Waals surface area contributed by atoms with Crippen molar-refractivity contribution in [2.75, 3.05) is 0 Å². The fraction of sp³-hybridized carbons (Fsp3) is 0. The molecule has 3 nitrogen and oxygen atoms in total. The van der Waals surface area contributed by atoms with Crippen LogP contribution in [0.2, 0.25) is 0 Å². The zero-order valence-electron chi connectivity index (χ0n) is 20.5. The van der Waals surface area contributed by atoms with Gasteiger partial charge < -0.3 is 4.57 Å². The van der Waals surface area contributed by atoms with E-state index in [4.69, 9.17) is 4.98 Å². The average molecular weight is 507 g/mol. The van der Waals surface area contributed by atoms with Crippen LogP contribution in [0, 0.1) is 0 Å². The highest BCUT2D eigenvalue weighted by molar-refractivity contribution is 7.85. The summed E-state index contributed by atoms with van der Waals surface area (Å²) < 4.78 is 14.8. The third-order valence-corrected chi connectivity index (χ3v) is 10.3. The molecule has 0 aliphatic rings. The second kappa shape index (κ2) is 9.06. The number of nitrogens with zero attached hydrogens (tertiary/aromatic N) is 2. The van der Waals surface area contributed by atoms with Crippen molar-refractivity contribution >= 4 is 55.6 Å². The molecule has 0 spiro atoms. The van der Waals surface area contributed by atoms with Crippen molar-refractivity contribution < 1.29 is 4.57 Å². The summed E-state index contributed by atoms with van der Waals surface area (Å²) in [5, 5.41) is 6.83. The predicted molar refractivity (Wildman–Crippen MR) is 159 cm³/mol. The van der Waals surface area contributed by atoms with E-state index in [9.17, 15) is 4.57 Å². The number of fused-ring (bicyclic) bond motifs is 5. The Labute approximate surface area is 220 Å². The monoisotopic (exact) mass is 506 g/mol. The largest absolute Gasteiger partial charge is 0.309 e. The van der Waals surface area contributed by atoms with Crippen molar-refractivity contribution in [3.63, 3.8) is 0 Å². The van der Waals surface area contributed by atoms with E-state index in [0.717, 1.165) is 59.7 Å². The van der Waals surface area contributed by atoms with Crippen LogP contribution in [0.5, 0.6) is 0 Å². The fourth-order valence-electron chi connectivity index (χ4n) is 5.33. The van der Waals surface area contributed by atoms with Gasteiger partial charge in [-0.25, -0.2) is 4.98 Å². The Balaban J connectivity index is 1.44. The van der Waals surface area contributed by atoms with Gasteiger partial charge in [0.1, 0.15) is 0 Å². The normalized spacial score (nSPS) is 11.8. The molecule has 2 heterocycles. The minimum Gasteiger partial charge on any atom is -0.309 e. The molecular formula is C34H23N2OP. The molecule has 0 aliphatic heterocycles. The number of hydrogen-bond donors (Lipinski definition) is 0. The molecule has 4 heteroatoms. The minimum absolute atomic E-state index is 0.802. The van der Waals surface area contributed by atoms with Crippen LogP contribution in [0.25, 0.3) is 43.8 Å². The molecule has 2 aromatic heterocycles. The summed E-state index contributed by atoms with van der Waals surface area (Å²) in [5.74, 6) is 0. The number of benzene rings is 5. The van der Waals surface area contributed by atoms with Gasteiger partial charge in [-0.2, -0.15) is 0 Å². The Bertz CT molecular complexity index is 1940. The Morgan fingerprint density at radius 1 is 0.474 bits per heavy atom. The maximum absolute atomic E-state index is 14.8. The zero-order chi connectivity index (χ0) is 25.5. The standard InChI is InChI=1S/C34H23N2OP/c37-38(26-11-3-1-4-12-26,27-13-5-2-6-14-27)28-20-17-25(18-21-28)32-30-16-8-7-15-29(30)31-22-19-24-10-9-23-35-33(24)34(31)36-32/h1-23H. The summed E-state index contributed by atoms with van der Waals surface area (Å²) in [4.78, 5) is 9.84. The number of pyridine rings is 2. The first-order valence-electron chi connectivity index (χ1n) is 12.6. The van der Waals surface area contributed by atoms with Crippen molar-refractivity contribution in [2.24, 2.45) is 0 Å². The Hall–Kier alpha value is -4.59. The van der Waals surface area contributed by atoms with E-state index in [1.807, 2.05) is 103 Å². The van der Waals surface area contributed by atoms with Crippen LogP contribution in [-0.2, 0) is 4.57 Å². The molecule has 0 fully saturated rings. The molecule has 0 atom stereocenters. The summed E-state index contributed by atoms with van der Waals surface area (Å²) >= 11 is 0. The number of hydrogen-bond acceptors (Lipinski definition) is 3. The molecule has 0 radical (unpaired) electrons. The van der Waals surface area contributed by atoms with Gasteiger partial charge >= 0.3 is 0 Å². The topological polar surface area (TPSA) is 42.9 Å². The van der Waals surface area contributed by atoms with Gasteiger partial charge in [0.2, 0.25) is 0 Å². The lowest BCUT2D eigenvalue weighted by atomic mass is 9.99. The zero-order valence-corrected chi connectivity index (χ0v) is 21.4. The van der Waals surface area contributed by atoms with Crippen molar-refractivity contribution in [1.82, 2.24) is 9.97 Å². The maximum Gasteiger partial charge on any atom is 0.171 e. The third kappa shape index (κ3) is 3.55. The lowest BCUT2D eigenvalue weighted by Gasteiger charge is -2.20. The quantitative estimate of drug-likeness (QED) is 0.187. The summed E-state index contributed by atoms with van der Waals surface area (Å²) in [6.45, 7) is 0. The molecule has 5 aromatic carbocycles. The molecule has 0 aliphatic carbocycles. The molecule has 0 bridgehead atoms. The van der Waals surface area contributed by atoms with Gasteiger partial charge in [-0.1, -0.05) is 127 Å². The van der Waals surface area contributed by atoms with Gasteiger partial charge in [0.25, 0.3) is 0 Å². The van der Waals surface area contributed by atoms with Crippen LogP contribution in [0.1, 0.15) is 0 Å². The van der Waals surface area contributed by atoms with E-state index >= 15 is 0 Å². The van der Waals surface area contributed by atoms with Gasteiger partial charge in [-0.15, -0.1) is 0 Å². The van der Waals surface area contributed by atoms with Gasteiger partial charge in [0.05, 0.1) is 16.7 Å². The molecule has 0 saturated carbocycles. The lowest BCUT2D eigenvalue weighted by molar-refractivity contribution is 0.592. The van der Waals surface area contributed by atoms with Crippen molar-refractivity contribution in [3.05, 3.63) is 140 Å². The van der Waals surface area contributed by atoms with E-state index in [0.29, 0.717) is 0 Å². The highest BCUT2D eigenvalue weighted by Crippen LogP contribution is 2.43. The highest BCUT2D eigenvalue weighted by atomic mass is 31.2.